The lowest BCUT2D eigenvalue weighted by Gasteiger charge is -2.26. The molecule has 2 aromatic carbocycles. The number of amides is 1. The van der Waals surface area contributed by atoms with E-state index in [0.717, 1.165) is 27.9 Å². The highest BCUT2D eigenvalue weighted by atomic mass is 35.5. The van der Waals surface area contributed by atoms with Gasteiger partial charge in [0.25, 0.3) is 0 Å². The van der Waals surface area contributed by atoms with Crippen molar-refractivity contribution in [2.24, 2.45) is 0 Å². The van der Waals surface area contributed by atoms with Gasteiger partial charge in [0.2, 0.25) is 5.91 Å². The molecule has 1 aliphatic rings. The molecule has 144 valence electrons. The molecule has 1 aliphatic heterocycles. The summed E-state index contributed by atoms with van der Waals surface area (Å²) in [6.45, 7) is 1.89. The van der Waals surface area contributed by atoms with Gasteiger partial charge in [0, 0.05) is 24.3 Å². The van der Waals surface area contributed by atoms with Crippen LogP contribution >= 0.6 is 11.6 Å². The summed E-state index contributed by atoms with van der Waals surface area (Å²) in [5.41, 5.74) is 5.01. The van der Waals surface area contributed by atoms with Crippen molar-refractivity contribution in [3.8, 4) is 11.1 Å². The highest BCUT2D eigenvalue weighted by Crippen LogP contribution is 2.33. The third-order valence-corrected chi connectivity index (χ3v) is 5.17. The van der Waals surface area contributed by atoms with Crippen LogP contribution in [-0.2, 0) is 11.3 Å². The Morgan fingerprint density at radius 3 is 2.62 bits per heavy atom. The Hall–Kier alpha value is -3.44. The van der Waals surface area contributed by atoms with Gasteiger partial charge >= 0.3 is 5.97 Å². The standard InChI is InChI=1S/C23H17ClN2O3/c1-14(27)26-13-18-10-16(20-8-9-25-12-21(20)23(28)29)4-2-15(18)3-5-17-11-19(24)6-7-22(17)26/h2-12H,13H2,1H3,(H,28,29)/b5-3-. The molecular formula is C23H17ClN2O3. The van der Waals surface area contributed by atoms with Crippen molar-refractivity contribution in [1.82, 2.24) is 4.98 Å². The molecule has 3 aromatic rings. The molecule has 1 amide bonds. The monoisotopic (exact) mass is 404 g/mol. The van der Waals surface area contributed by atoms with E-state index < -0.39 is 5.97 Å². The third kappa shape index (κ3) is 3.65. The Morgan fingerprint density at radius 1 is 1.07 bits per heavy atom. The lowest BCUT2D eigenvalue weighted by atomic mass is 9.95. The summed E-state index contributed by atoms with van der Waals surface area (Å²) >= 11 is 6.14. The molecule has 0 unspecified atom stereocenters. The number of carbonyl (C=O) groups excluding carboxylic acids is 1. The van der Waals surface area contributed by atoms with E-state index in [0.29, 0.717) is 17.1 Å². The number of carboxylic acids is 1. The fourth-order valence-electron chi connectivity index (χ4n) is 3.51. The zero-order chi connectivity index (χ0) is 20.5. The van der Waals surface area contributed by atoms with Crippen molar-refractivity contribution in [1.29, 1.82) is 0 Å². The van der Waals surface area contributed by atoms with E-state index in [1.807, 2.05) is 42.5 Å². The van der Waals surface area contributed by atoms with Gasteiger partial charge in [-0.25, -0.2) is 4.79 Å². The molecule has 0 aliphatic carbocycles. The maximum absolute atomic E-state index is 12.4. The van der Waals surface area contributed by atoms with Crippen LogP contribution in [0, 0.1) is 0 Å². The summed E-state index contributed by atoms with van der Waals surface area (Å²) in [6.07, 6.45) is 6.83. The Kier molecular flexibility index (Phi) is 4.91. The molecule has 0 atom stereocenters. The van der Waals surface area contributed by atoms with E-state index in [1.54, 1.807) is 23.2 Å². The Balaban J connectivity index is 1.86. The molecule has 1 N–H and O–H groups in total. The number of halogens is 1. The molecule has 0 fully saturated rings. The molecule has 0 radical (unpaired) electrons. The first-order valence-electron chi connectivity index (χ1n) is 9.00. The minimum absolute atomic E-state index is 0.0876. The van der Waals surface area contributed by atoms with Crippen LogP contribution in [0.4, 0.5) is 5.69 Å². The molecule has 29 heavy (non-hydrogen) atoms. The van der Waals surface area contributed by atoms with E-state index >= 15 is 0 Å². The quantitative estimate of drug-likeness (QED) is 0.642. The summed E-state index contributed by atoms with van der Waals surface area (Å²) in [5.74, 6) is -1.12. The molecule has 1 aromatic heterocycles. The van der Waals surface area contributed by atoms with Crippen molar-refractivity contribution in [2.75, 3.05) is 4.90 Å². The summed E-state index contributed by atoms with van der Waals surface area (Å²) < 4.78 is 0. The predicted molar refractivity (Wildman–Crippen MR) is 114 cm³/mol. The average Bonchev–Trinajstić information content (AvgIpc) is 2.69. The Labute approximate surface area is 172 Å². The molecule has 0 bridgehead atoms. The average molecular weight is 405 g/mol. The lowest BCUT2D eigenvalue weighted by Crippen LogP contribution is -2.29. The molecule has 0 spiro atoms. The second-order valence-corrected chi connectivity index (χ2v) is 7.22. The molecule has 2 heterocycles. The van der Waals surface area contributed by atoms with Crippen molar-refractivity contribution in [3.63, 3.8) is 0 Å². The number of fused-ring (bicyclic) bond motifs is 2. The topological polar surface area (TPSA) is 70.5 Å². The van der Waals surface area contributed by atoms with Gasteiger partial charge in [-0.1, -0.05) is 35.9 Å². The van der Waals surface area contributed by atoms with Gasteiger partial charge in [-0.05, 0) is 58.1 Å². The molecule has 5 nitrogen and oxygen atoms in total. The maximum atomic E-state index is 12.4. The van der Waals surface area contributed by atoms with E-state index in [-0.39, 0.29) is 11.5 Å². The van der Waals surface area contributed by atoms with Crippen LogP contribution in [0.25, 0.3) is 23.3 Å². The van der Waals surface area contributed by atoms with Gasteiger partial charge in [-0.2, -0.15) is 0 Å². The Bertz CT molecular complexity index is 1170. The van der Waals surface area contributed by atoms with Crippen molar-refractivity contribution < 1.29 is 14.7 Å². The SMILES string of the molecule is CC(=O)N1Cc2cc(-c3ccncc3C(=O)O)ccc2/C=C\c2cc(Cl)ccc21. The van der Waals surface area contributed by atoms with Crippen LogP contribution in [0.5, 0.6) is 0 Å². The third-order valence-electron chi connectivity index (χ3n) is 4.94. The minimum Gasteiger partial charge on any atom is -0.478 e. The summed E-state index contributed by atoms with van der Waals surface area (Å²) in [6, 6.07) is 12.9. The number of aromatic nitrogens is 1. The minimum atomic E-state index is -1.03. The largest absolute Gasteiger partial charge is 0.478 e. The van der Waals surface area contributed by atoms with Crippen molar-refractivity contribution in [2.45, 2.75) is 13.5 Å². The molecular weight excluding hydrogens is 388 g/mol. The first-order valence-corrected chi connectivity index (χ1v) is 9.38. The van der Waals surface area contributed by atoms with Crippen LogP contribution in [0.2, 0.25) is 5.02 Å². The number of hydrogen-bond donors (Lipinski definition) is 1. The summed E-state index contributed by atoms with van der Waals surface area (Å²) in [5, 5.41) is 10.1. The van der Waals surface area contributed by atoms with Gasteiger partial charge < -0.3 is 10.0 Å². The summed E-state index contributed by atoms with van der Waals surface area (Å²) in [4.78, 5) is 29.6. The number of anilines is 1. The van der Waals surface area contributed by atoms with Crippen molar-refractivity contribution in [3.05, 3.63) is 82.1 Å². The predicted octanol–water partition coefficient (Wildman–Crippen LogP) is 5.14. The molecule has 4 rings (SSSR count). The van der Waals surface area contributed by atoms with E-state index in [2.05, 4.69) is 4.98 Å². The first kappa shape index (κ1) is 18.9. The van der Waals surface area contributed by atoms with Crippen LogP contribution in [0.1, 0.15) is 34.0 Å². The van der Waals surface area contributed by atoms with Gasteiger partial charge in [0.1, 0.15) is 0 Å². The van der Waals surface area contributed by atoms with E-state index in [1.165, 1.54) is 13.1 Å². The molecule has 0 saturated carbocycles. The lowest BCUT2D eigenvalue weighted by molar-refractivity contribution is -0.116. The highest BCUT2D eigenvalue weighted by Gasteiger charge is 2.20. The number of pyridine rings is 1. The number of rotatable bonds is 2. The highest BCUT2D eigenvalue weighted by molar-refractivity contribution is 6.30. The van der Waals surface area contributed by atoms with E-state index in [4.69, 9.17) is 11.6 Å². The van der Waals surface area contributed by atoms with Crippen LogP contribution in [-0.4, -0.2) is 22.0 Å². The number of carboxylic acid groups (broad SMARTS) is 1. The van der Waals surface area contributed by atoms with Crippen LogP contribution < -0.4 is 4.90 Å². The zero-order valence-corrected chi connectivity index (χ0v) is 16.3. The number of benzene rings is 2. The van der Waals surface area contributed by atoms with Crippen LogP contribution in [0.15, 0.2) is 54.9 Å². The number of hydrogen-bond acceptors (Lipinski definition) is 3. The zero-order valence-electron chi connectivity index (χ0n) is 15.6. The smallest absolute Gasteiger partial charge is 0.337 e. The van der Waals surface area contributed by atoms with Crippen LogP contribution in [0.3, 0.4) is 0 Å². The van der Waals surface area contributed by atoms with E-state index in [9.17, 15) is 14.7 Å². The van der Waals surface area contributed by atoms with Gasteiger partial charge in [0.15, 0.2) is 0 Å². The fourth-order valence-corrected chi connectivity index (χ4v) is 3.69. The number of nitrogens with zero attached hydrogens (tertiary/aromatic N) is 2. The summed E-state index contributed by atoms with van der Waals surface area (Å²) in [7, 11) is 0. The Morgan fingerprint density at radius 2 is 1.86 bits per heavy atom. The van der Waals surface area contributed by atoms with Gasteiger partial charge in [-0.15, -0.1) is 0 Å². The second kappa shape index (κ2) is 7.53. The van der Waals surface area contributed by atoms with Gasteiger partial charge in [0.05, 0.1) is 17.8 Å². The van der Waals surface area contributed by atoms with Crippen molar-refractivity contribution >= 4 is 41.3 Å². The molecule has 6 heteroatoms. The second-order valence-electron chi connectivity index (χ2n) is 6.78. The molecule has 0 saturated heterocycles. The number of aromatic carboxylic acids is 1. The fraction of sp³-hybridized carbons (Fsp3) is 0.0870. The number of carbonyl (C=O) groups is 2. The maximum Gasteiger partial charge on any atom is 0.337 e. The first-order chi connectivity index (χ1) is 13.9. The van der Waals surface area contributed by atoms with Gasteiger partial charge in [-0.3, -0.25) is 9.78 Å². The normalized spacial score (nSPS) is 13.7.